The number of carbonyl (C=O) groups excluding carboxylic acids is 1. The zero-order valence-electron chi connectivity index (χ0n) is 11.4. The molecule has 20 heavy (non-hydrogen) atoms. The van der Waals surface area contributed by atoms with Gasteiger partial charge < -0.3 is 10.4 Å². The van der Waals surface area contributed by atoms with E-state index in [2.05, 4.69) is 20.4 Å². The maximum absolute atomic E-state index is 12.0. The van der Waals surface area contributed by atoms with Crippen LogP contribution >= 0.6 is 0 Å². The number of pyridine rings is 1. The molecule has 0 saturated heterocycles. The first-order chi connectivity index (χ1) is 9.61. The van der Waals surface area contributed by atoms with E-state index in [1.54, 1.807) is 12.1 Å². The fourth-order valence-corrected chi connectivity index (χ4v) is 1.66. The lowest BCUT2D eigenvalue weighted by molar-refractivity contribution is 0.0896. The maximum atomic E-state index is 12.0. The molecular formula is C13H17N5O2. The number of rotatable bonds is 5. The van der Waals surface area contributed by atoms with E-state index >= 15 is 0 Å². The molecule has 106 valence electrons. The van der Waals surface area contributed by atoms with Gasteiger partial charge in [-0.2, -0.15) is 5.10 Å². The van der Waals surface area contributed by atoms with Crippen LogP contribution in [0, 0.1) is 5.92 Å². The van der Waals surface area contributed by atoms with Crippen molar-refractivity contribution >= 4 is 5.91 Å². The molecule has 0 spiro atoms. The Labute approximate surface area is 116 Å². The van der Waals surface area contributed by atoms with Gasteiger partial charge in [0.2, 0.25) is 0 Å². The van der Waals surface area contributed by atoms with Gasteiger partial charge >= 0.3 is 0 Å². The van der Waals surface area contributed by atoms with Crippen LogP contribution in [0.1, 0.15) is 24.2 Å². The Hall–Kier alpha value is -2.28. The second kappa shape index (κ2) is 6.25. The van der Waals surface area contributed by atoms with Crippen molar-refractivity contribution in [3.63, 3.8) is 0 Å². The van der Waals surface area contributed by atoms with Gasteiger partial charge in [0, 0.05) is 6.20 Å². The molecule has 0 radical (unpaired) electrons. The van der Waals surface area contributed by atoms with Crippen molar-refractivity contribution in [1.82, 2.24) is 25.1 Å². The van der Waals surface area contributed by atoms with Crippen molar-refractivity contribution in [2.24, 2.45) is 5.92 Å². The van der Waals surface area contributed by atoms with Gasteiger partial charge in [-0.3, -0.25) is 4.79 Å². The molecule has 0 aliphatic rings. The first-order valence-corrected chi connectivity index (χ1v) is 6.34. The Bertz CT molecular complexity index is 551. The molecular weight excluding hydrogens is 258 g/mol. The summed E-state index contributed by atoms with van der Waals surface area (Å²) < 4.78 is 1.51. The van der Waals surface area contributed by atoms with E-state index in [4.69, 9.17) is 0 Å². The van der Waals surface area contributed by atoms with E-state index in [9.17, 15) is 9.90 Å². The lowest BCUT2D eigenvalue weighted by Gasteiger charge is -2.19. The number of nitrogens with zero attached hydrogens (tertiary/aromatic N) is 4. The summed E-state index contributed by atoms with van der Waals surface area (Å²) in [5.41, 5.74) is 0.438. The molecule has 7 nitrogen and oxygen atoms in total. The van der Waals surface area contributed by atoms with Gasteiger partial charge in [0.05, 0.1) is 18.2 Å². The Kier molecular flexibility index (Phi) is 4.41. The number of aromatic nitrogens is 4. The molecule has 0 saturated carbocycles. The van der Waals surface area contributed by atoms with E-state index in [1.807, 2.05) is 13.8 Å². The van der Waals surface area contributed by atoms with Crippen LogP contribution in [-0.4, -0.2) is 43.4 Å². The summed E-state index contributed by atoms with van der Waals surface area (Å²) in [6.07, 6.45) is 4.42. The topological polar surface area (TPSA) is 92.9 Å². The number of carbonyl (C=O) groups is 1. The highest BCUT2D eigenvalue weighted by Gasteiger charge is 2.16. The number of amides is 1. The van der Waals surface area contributed by atoms with Gasteiger partial charge in [-0.05, 0) is 18.1 Å². The Balaban J connectivity index is 2.08. The molecule has 2 rings (SSSR count). The first-order valence-electron chi connectivity index (χ1n) is 6.34. The van der Waals surface area contributed by atoms with Gasteiger partial charge in [0.15, 0.2) is 5.82 Å². The quantitative estimate of drug-likeness (QED) is 0.824. The van der Waals surface area contributed by atoms with Crippen LogP contribution in [0.3, 0.4) is 0 Å². The van der Waals surface area contributed by atoms with Crippen LogP contribution in [0.4, 0.5) is 0 Å². The zero-order chi connectivity index (χ0) is 14.5. The second-order valence-electron chi connectivity index (χ2n) is 4.75. The van der Waals surface area contributed by atoms with Gasteiger partial charge in [-0.1, -0.05) is 13.8 Å². The van der Waals surface area contributed by atoms with Crippen LogP contribution in [0.15, 0.2) is 31.0 Å². The summed E-state index contributed by atoms with van der Waals surface area (Å²) in [4.78, 5) is 20.0. The summed E-state index contributed by atoms with van der Waals surface area (Å²) in [6.45, 7) is 3.79. The molecule has 2 aromatic heterocycles. The minimum Gasteiger partial charge on any atom is -0.394 e. The second-order valence-corrected chi connectivity index (χ2v) is 4.75. The lowest BCUT2D eigenvalue weighted by atomic mass is 10.1. The summed E-state index contributed by atoms with van der Waals surface area (Å²) >= 11 is 0. The third-order valence-corrected chi connectivity index (χ3v) is 2.98. The average molecular weight is 275 g/mol. The van der Waals surface area contributed by atoms with Crippen LogP contribution in [0.25, 0.3) is 5.82 Å². The summed E-state index contributed by atoms with van der Waals surface area (Å²) in [7, 11) is 0. The molecule has 0 unspecified atom stereocenters. The number of aliphatic hydroxyl groups excluding tert-OH is 1. The Morgan fingerprint density at radius 3 is 2.75 bits per heavy atom. The average Bonchev–Trinajstić information content (AvgIpc) is 2.98. The molecule has 0 bridgehead atoms. The van der Waals surface area contributed by atoms with E-state index in [-0.39, 0.29) is 24.5 Å². The molecule has 2 N–H and O–H groups in total. The fraction of sp³-hybridized carbons (Fsp3) is 0.385. The van der Waals surface area contributed by atoms with Gasteiger partial charge in [-0.15, -0.1) is 0 Å². The molecule has 0 aliphatic heterocycles. The van der Waals surface area contributed by atoms with E-state index in [0.29, 0.717) is 11.4 Å². The number of nitrogens with one attached hydrogen (secondary N) is 1. The Morgan fingerprint density at radius 1 is 1.45 bits per heavy atom. The summed E-state index contributed by atoms with van der Waals surface area (Å²) in [6, 6.07) is 3.08. The minimum atomic E-state index is -0.266. The highest BCUT2D eigenvalue weighted by Crippen LogP contribution is 2.06. The van der Waals surface area contributed by atoms with E-state index in [1.165, 1.54) is 23.5 Å². The SMILES string of the molecule is CC(C)[C@@H](CO)NC(=O)c1ccc(-n2cncn2)nc1. The zero-order valence-corrected chi connectivity index (χ0v) is 11.4. The highest BCUT2D eigenvalue weighted by atomic mass is 16.3. The molecule has 1 amide bonds. The van der Waals surface area contributed by atoms with Crippen molar-refractivity contribution in [3.8, 4) is 5.82 Å². The third-order valence-electron chi connectivity index (χ3n) is 2.98. The molecule has 2 heterocycles. The van der Waals surface area contributed by atoms with Crippen LogP contribution in [0.5, 0.6) is 0 Å². The molecule has 0 fully saturated rings. The van der Waals surface area contributed by atoms with Gasteiger partial charge in [0.25, 0.3) is 5.91 Å². The number of hydrogen-bond acceptors (Lipinski definition) is 5. The predicted molar refractivity (Wildman–Crippen MR) is 72.3 cm³/mol. The van der Waals surface area contributed by atoms with Crippen LogP contribution in [-0.2, 0) is 0 Å². The van der Waals surface area contributed by atoms with Crippen molar-refractivity contribution in [2.75, 3.05) is 6.61 Å². The summed E-state index contributed by atoms with van der Waals surface area (Å²) in [5.74, 6) is 0.489. The van der Waals surface area contributed by atoms with Gasteiger partial charge in [-0.25, -0.2) is 14.6 Å². The fourth-order valence-electron chi connectivity index (χ4n) is 1.66. The smallest absolute Gasteiger partial charge is 0.253 e. The largest absolute Gasteiger partial charge is 0.394 e. The summed E-state index contributed by atoms with van der Waals surface area (Å²) in [5, 5.41) is 15.9. The number of aliphatic hydroxyl groups is 1. The predicted octanol–water partition coefficient (Wildman–Crippen LogP) is 0.409. The van der Waals surface area contributed by atoms with Crippen LogP contribution in [0.2, 0.25) is 0 Å². The third kappa shape index (κ3) is 3.18. The number of hydrogen-bond donors (Lipinski definition) is 2. The first kappa shape index (κ1) is 14.1. The molecule has 7 heteroatoms. The Morgan fingerprint density at radius 2 is 2.25 bits per heavy atom. The van der Waals surface area contributed by atoms with Gasteiger partial charge in [0.1, 0.15) is 12.7 Å². The minimum absolute atomic E-state index is 0.0894. The van der Waals surface area contributed by atoms with Crippen molar-refractivity contribution in [3.05, 3.63) is 36.5 Å². The maximum Gasteiger partial charge on any atom is 0.253 e. The van der Waals surface area contributed by atoms with Crippen molar-refractivity contribution in [2.45, 2.75) is 19.9 Å². The van der Waals surface area contributed by atoms with Crippen molar-refractivity contribution in [1.29, 1.82) is 0 Å². The monoisotopic (exact) mass is 275 g/mol. The molecule has 1 atom stereocenters. The van der Waals surface area contributed by atoms with E-state index < -0.39 is 0 Å². The highest BCUT2D eigenvalue weighted by molar-refractivity contribution is 5.94. The molecule has 0 aliphatic carbocycles. The molecule has 0 aromatic carbocycles. The normalized spacial score (nSPS) is 12.4. The standard InChI is InChI=1S/C13H17N5O2/c1-9(2)11(6-19)17-13(20)10-3-4-12(15-5-10)18-8-14-7-16-18/h3-5,7-9,11,19H,6H2,1-2H3,(H,17,20)/t11-/m1/s1. The molecule has 2 aromatic rings. The van der Waals surface area contributed by atoms with Crippen LogP contribution < -0.4 is 5.32 Å². The van der Waals surface area contributed by atoms with Crippen molar-refractivity contribution < 1.29 is 9.90 Å². The van der Waals surface area contributed by atoms with E-state index in [0.717, 1.165) is 0 Å². The lowest BCUT2D eigenvalue weighted by Crippen LogP contribution is -2.41.